The second-order valence-corrected chi connectivity index (χ2v) is 7.15. The van der Waals surface area contributed by atoms with Crippen LogP contribution in [-0.2, 0) is 11.3 Å². The molecule has 1 aromatic heterocycles. The van der Waals surface area contributed by atoms with Gasteiger partial charge < -0.3 is 20.0 Å². The van der Waals surface area contributed by atoms with Crippen molar-refractivity contribution in [2.45, 2.75) is 39.2 Å². The number of amides is 3. The lowest BCUT2D eigenvalue weighted by atomic mass is 9.93. The summed E-state index contributed by atoms with van der Waals surface area (Å²) in [4.78, 5) is 26.4. The van der Waals surface area contributed by atoms with Gasteiger partial charge in [-0.1, -0.05) is 12.1 Å². The van der Waals surface area contributed by atoms with Crippen LogP contribution in [-0.4, -0.2) is 29.9 Å². The largest absolute Gasteiger partial charge is 0.467 e. The molecule has 144 valence electrons. The van der Waals surface area contributed by atoms with E-state index in [1.807, 2.05) is 42.2 Å². The first-order valence-corrected chi connectivity index (χ1v) is 9.52. The van der Waals surface area contributed by atoms with Crippen LogP contribution in [0.3, 0.4) is 0 Å². The minimum Gasteiger partial charge on any atom is -0.467 e. The Hall–Kier alpha value is -2.76. The van der Waals surface area contributed by atoms with Crippen LogP contribution in [0.2, 0.25) is 0 Å². The van der Waals surface area contributed by atoms with Gasteiger partial charge in [0.15, 0.2) is 0 Å². The number of aryl methyl sites for hydroxylation is 1. The number of nitrogens with zero attached hydrogens (tertiary/aromatic N) is 1. The van der Waals surface area contributed by atoms with Crippen molar-refractivity contribution in [1.29, 1.82) is 0 Å². The highest BCUT2D eigenvalue weighted by atomic mass is 16.3. The quantitative estimate of drug-likeness (QED) is 0.810. The van der Waals surface area contributed by atoms with Crippen molar-refractivity contribution in [3.8, 4) is 0 Å². The van der Waals surface area contributed by atoms with Crippen LogP contribution in [0.4, 0.5) is 10.5 Å². The van der Waals surface area contributed by atoms with Crippen LogP contribution in [0.5, 0.6) is 0 Å². The fourth-order valence-electron chi connectivity index (χ4n) is 3.43. The standard InChI is InChI=1S/C21H27N3O3/c1-16-5-2-7-18(13-16)23-21(26)24-11-3-6-17(15-24)9-10-20(25)22-14-19-8-4-12-27-19/h2,4-5,7-8,12-13,17H,3,6,9-11,14-15H2,1H3,(H,22,25)(H,23,26). The van der Waals surface area contributed by atoms with Crippen molar-refractivity contribution in [2.75, 3.05) is 18.4 Å². The molecule has 6 nitrogen and oxygen atoms in total. The van der Waals surface area contributed by atoms with Gasteiger partial charge in [-0.05, 0) is 61.9 Å². The summed E-state index contributed by atoms with van der Waals surface area (Å²) in [6, 6.07) is 11.4. The summed E-state index contributed by atoms with van der Waals surface area (Å²) in [5, 5.41) is 5.84. The van der Waals surface area contributed by atoms with Crippen molar-refractivity contribution in [3.63, 3.8) is 0 Å². The molecule has 2 aromatic rings. The molecule has 2 heterocycles. The Morgan fingerprint density at radius 2 is 2.15 bits per heavy atom. The average molecular weight is 369 g/mol. The molecule has 3 rings (SSSR count). The first kappa shape index (κ1) is 19.0. The van der Waals surface area contributed by atoms with E-state index in [-0.39, 0.29) is 11.9 Å². The summed E-state index contributed by atoms with van der Waals surface area (Å²) in [6.45, 7) is 3.88. The molecule has 27 heavy (non-hydrogen) atoms. The number of hydrogen-bond donors (Lipinski definition) is 2. The van der Waals surface area contributed by atoms with Gasteiger partial charge in [0.2, 0.25) is 5.91 Å². The van der Waals surface area contributed by atoms with E-state index < -0.39 is 0 Å². The van der Waals surface area contributed by atoms with Gasteiger partial charge in [-0.2, -0.15) is 0 Å². The summed E-state index contributed by atoms with van der Waals surface area (Å²) in [7, 11) is 0. The zero-order valence-electron chi connectivity index (χ0n) is 15.7. The number of anilines is 1. The van der Waals surface area contributed by atoms with Gasteiger partial charge in [0.25, 0.3) is 0 Å². The molecule has 6 heteroatoms. The zero-order valence-corrected chi connectivity index (χ0v) is 15.7. The number of carbonyl (C=O) groups is 2. The number of likely N-dealkylation sites (tertiary alicyclic amines) is 1. The van der Waals surface area contributed by atoms with Crippen LogP contribution < -0.4 is 10.6 Å². The molecule has 0 aliphatic carbocycles. The maximum absolute atomic E-state index is 12.5. The molecule has 0 bridgehead atoms. The molecule has 2 N–H and O–H groups in total. The van der Waals surface area contributed by atoms with Crippen LogP contribution >= 0.6 is 0 Å². The van der Waals surface area contributed by atoms with Gasteiger partial charge in [-0.15, -0.1) is 0 Å². The molecule has 0 spiro atoms. The number of furan rings is 1. The molecule has 1 aromatic carbocycles. The lowest BCUT2D eigenvalue weighted by molar-refractivity contribution is -0.121. The van der Waals surface area contributed by atoms with Crippen molar-refractivity contribution in [2.24, 2.45) is 5.92 Å². The van der Waals surface area contributed by atoms with Crippen LogP contribution in [0.1, 0.15) is 37.0 Å². The molecular weight excluding hydrogens is 342 g/mol. The Balaban J connectivity index is 1.41. The number of rotatable bonds is 6. The Morgan fingerprint density at radius 1 is 1.26 bits per heavy atom. The molecule has 1 saturated heterocycles. The van der Waals surface area contributed by atoms with Gasteiger partial charge in [0, 0.05) is 25.2 Å². The predicted octanol–water partition coefficient (Wildman–Crippen LogP) is 3.93. The van der Waals surface area contributed by atoms with Crippen LogP contribution in [0.25, 0.3) is 0 Å². The molecule has 1 fully saturated rings. The highest BCUT2D eigenvalue weighted by Gasteiger charge is 2.24. The van der Waals surface area contributed by atoms with Crippen molar-refractivity contribution in [1.82, 2.24) is 10.2 Å². The van der Waals surface area contributed by atoms with Crippen LogP contribution in [0.15, 0.2) is 47.1 Å². The van der Waals surface area contributed by atoms with Crippen molar-refractivity contribution >= 4 is 17.6 Å². The number of benzene rings is 1. The van der Waals surface area contributed by atoms with Crippen LogP contribution in [0, 0.1) is 12.8 Å². The van der Waals surface area contributed by atoms with E-state index >= 15 is 0 Å². The summed E-state index contributed by atoms with van der Waals surface area (Å²) in [5.41, 5.74) is 1.93. The normalized spacial score (nSPS) is 16.8. The second kappa shape index (κ2) is 9.26. The Kier molecular flexibility index (Phi) is 6.52. The van der Waals surface area contributed by atoms with Gasteiger partial charge in [0.05, 0.1) is 12.8 Å². The minimum absolute atomic E-state index is 0.0211. The SMILES string of the molecule is Cc1cccc(NC(=O)N2CCCC(CCC(=O)NCc3ccco3)C2)c1. The van der Waals surface area contributed by atoms with Gasteiger partial charge in [-0.25, -0.2) is 4.79 Å². The van der Waals surface area contributed by atoms with Gasteiger partial charge in [0.1, 0.15) is 5.76 Å². The highest BCUT2D eigenvalue weighted by molar-refractivity contribution is 5.89. The van der Waals surface area contributed by atoms with E-state index in [9.17, 15) is 9.59 Å². The van der Waals surface area contributed by atoms with E-state index in [2.05, 4.69) is 10.6 Å². The highest BCUT2D eigenvalue weighted by Crippen LogP contribution is 2.22. The number of piperidine rings is 1. The average Bonchev–Trinajstić information content (AvgIpc) is 3.18. The molecule has 0 radical (unpaired) electrons. The topological polar surface area (TPSA) is 74.6 Å². The van der Waals surface area contributed by atoms with E-state index in [4.69, 9.17) is 4.42 Å². The Morgan fingerprint density at radius 3 is 2.93 bits per heavy atom. The fraction of sp³-hybridized carbons (Fsp3) is 0.429. The van der Waals surface area contributed by atoms with E-state index in [0.717, 1.165) is 42.8 Å². The zero-order chi connectivity index (χ0) is 19.1. The Labute approximate surface area is 159 Å². The third-order valence-corrected chi connectivity index (χ3v) is 4.90. The van der Waals surface area contributed by atoms with E-state index in [1.165, 1.54) is 0 Å². The number of urea groups is 1. The summed E-state index contributed by atoms with van der Waals surface area (Å²) in [6.07, 6.45) is 4.89. The summed E-state index contributed by atoms with van der Waals surface area (Å²) >= 11 is 0. The third-order valence-electron chi connectivity index (χ3n) is 4.90. The molecular formula is C21H27N3O3. The smallest absolute Gasteiger partial charge is 0.321 e. The maximum atomic E-state index is 12.5. The monoisotopic (exact) mass is 369 g/mol. The van der Waals surface area contributed by atoms with Crippen molar-refractivity contribution in [3.05, 3.63) is 54.0 Å². The Bertz CT molecular complexity index is 758. The molecule has 1 aliphatic heterocycles. The number of hydrogen-bond acceptors (Lipinski definition) is 3. The minimum atomic E-state index is -0.0624. The first-order valence-electron chi connectivity index (χ1n) is 9.52. The first-order chi connectivity index (χ1) is 13.1. The van der Waals surface area contributed by atoms with Crippen molar-refractivity contribution < 1.29 is 14.0 Å². The maximum Gasteiger partial charge on any atom is 0.321 e. The molecule has 3 amide bonds. The predicted molar refractivity (Wildman–Crippen MR) is 104 cm³/mol. The number of carbonyl (C=O) groups excluding carboxylic acids is 2. The lowest BCUT2D eigenvalue weighted by Gasteiger charge is -2.32. The molecule has 1 atom stereocenters. The molecule has 0 saturated carbocycles. The number of nitrogens with one attached hydrogen (secondary N) is 2. The van der Waals surface area contributed by atoms with E-state index in [0.29, 0.717) is 25.4 Å². The van der Waals surface area contributed by atoms with E-state index in [1.54, 1.807) is 12.3 Å². The van der Waals surface area contributed by atoms with Gasteiger partial charge >= 0.3 is 6.03 Å². The lowest BCUT2D eigenvalue weighted by Crippen LogP contribution is -2.42. The van der Waals surface area contributed by atoms with Gasteiger partial charge in [-0.3, -0.25) is 4.79 Å². The molecule has 1 aliphatic rings. The fourth-order valence-corrected chi connectivity index (χ4v) is 3.43. The molecule has 1 unspecified atom stereocenters. The second-order valence-electron chi connectivity index (χ2n) is 7.15. The third kappa shape index (κ3) is 5.88. The summed E-state index contributed by atoms with van der Waals surface area (Å²) < 4.78 is 5.21. The summed E-state index contributed by atoms with van der Waals surface area (Å²) in [5.74, 6) is 1.13.